The molecule has 1 saturated carbocycles. The second kappa shape index (κ2) is 8.65. The quantitative estimate of drug-likeness (QED) is 0.804. The molecule has 0 aromatic rings. The molecule has 0 amide bonds. The first kappa shape index (κ1) is 16.8. The molecule has 0 heterocycles. The standard InChI is InChI=1S/C8H16F2N2.2ClH/c9-8(10)5-12-7-3-1-6(11)2-4-7;;/h6-8,12H,1-5,11H2;2*1H. The molecule has 2 nitrogen and oxygen atoms in total. The lowest BCUT2D eigenvalue weighted by molar-refractivity contribution is 0.137. The topological polar surface area (TPSA) is 38.0 Å². The number of rotatable bonds is 3. The summed E-state index contributed by atoms with van der Waals surface area (Å²) in [6.07, 6.45) is 1.56. The van der Waals surface area contributed by atoms with Gasteiger partial charge in [-0.15, -0.1) is 24.8 Å². The largest absolute Gasteiger partial charge is 0.328 e. The van der Waals surface area contributed by atoms with Crippen LogP contribution in [0.1, 0.15) is 25.7 Å². The minimum atomic E-state index is -2.24. The van der Waals surface area contributed by atoms with Crippen molar-refractivity contribution < 1.29 is 8.78 Å². The number of alkyl halides is 2. The van der Waals surface area contributed by atoms with E-state index in [2.05, 4.69) is 5.32 Å². The number of hydrogen-bond acceptors (Lipinski definition) is 2. The summed E-state index contributed by atoms with van der Waals surface area (Å²) in [4.78, 5) is 0. The molecule has 88 valence electrons. The molecule has 1 aliphatic rings. The van der Waals surface area contributed by atoms with Crippen molar-refractivity contribution in [1.82, 2.24) is 5.32 Å². The van der Waals surface area contributed by atoms with Gasteiger partial charge in [0.15, 0.2) is 0 Å². The summed E-state index contributed by atoms with van der Waals surface area (Å²) in [7, 11) is 0. The van der Waals surface area contributed by atoms with Crippen molar-refractivity contribution in [2.75, 3.05) is 6.54 Å². The van der Waals surface area contributed by atoms with Crippen molar-refractivity contribution in [3.05, 3.63) is 0 Å². The van der Waals surface area contributed by atoms with Gasteiger partial charge in [0.05, 0.1) is 6.54 Å². The van der Waals surface area contributed by atoms with E-state index >= 15 is 0 Å². The molecule has 0 aromatic heterocycles. The van der Waals surface area contributed by atoms with Crippen LogP contribution >= 0.6 is 24.8 Å². The summed E-state index contributed by atoms with van der Waals surface area (Å²) >= 11 is 0. The molecule has 0 saturated heterocycles. The van der Waals surface area contributed by atoms with Gasteiger partial charge < -0.3 is 11.1 Å². The van der Waals surface area contributed by atoms with Gasteiger partial charge in [-0.25, -0.2) is 8.78 Å². The SMILES string of the molecule is Cl.Cl.NC1CCC(NCC(F)F)CC1. The Labute approximate surface area is 95.8 Å². The van der Waals surface area contributed by atoms with Crippen LogP contribution < -0.4 is 11.1 Å². The molecule has 1 fully saturated rings. The van der Waals surface area contributed by atoms with Crippen LogP contribution in [0.3, 0.4) is 0 Å². The highest BCUT2D eigenvalue weighted by atomic mass is 35.5. The van der Waals surface area contributed by atoms with E-state index < -0.39 is 6.43 Å². The van der Waals surface area contributed by atoms with Gasteiger partial charge in [0.25, 0.3) is 6.43 Å². The van der Waals surface area contributed by atoms with Crippen molar-refractivity contribution in [2.45, 2.75) is 44.2 Å². The van der Waals surface area contributed by atoms with E-state index in [0.717, 1.165) is 25.7 Å². The van der Waals surface area contributed by atoms with Crippen LogP contribution in [0.15, 0.2) is 0 Å². The lowest BCUT2D eigenvalue weighted by Crippen LogP contribution is -2.39. The molecule has 0 spiro atoms. The van der Waals surface area contributed by atoms with Crippen LogP contribution in [-0.4, -0.2) is 25.1 Å². The average molecular weight is 251 g/mol. The molecular weight excluding hydrogens is 233 g/mol. The Morgan fingerprint density at radius 1 is 1.14 bits per heavy atom. The van der Waals surface area contributed by atoms with Gasteiger partial charge in [0.1, 0.15) is 0 Å². The molecule has 1 aliphatic carbocycles. The minimum absolute atomic E-state index is 0. The van der Waals surface area contributed by atoms with Crippen LogP contribution in [0.4, 0.5) is 8.78 Å². The molecule has 6 heteroatoms. The van der Waals surface area contributed by atoms with E-state index in [-0.39, 0.29) is 43.4 Å². The highest BCUT2D eigenvalue weighted by Gasteiger charge is 2.18. The fourth-order valence-electron chi connectivity index (χ4n) is 1.58. The fourth-order valence-corrected chi connectivity index (χ4v) is 1.58. The molecule has 14 heavy (non-hydrogen) atoms. The van der Waals surface area contributed by atoms with Gasteiger partial charge in [-0.05, 0) is 25.7 Å². The number of nitrogens with one attached hydrogen (secondary N) is 1. The maximum Gasteiger partial charge on any atom is 0.250 e. The zero-order valence-electron chi connectivity index (χ0n) is 7.92. The van der Waals surface area contributed by atoms with E-state index in [1.54, 1.807) is 0 Å². The van der Waals surface area contributed by atoms with Crippen LogP contribution in [0.5, 0.6) is 0 Å². The Kier molecular flexibility index (Phi) is 10.4. The predicted molar refractivity (Wildman–Crippen MR) is 58.7 cm³/mol. The third-order valence-corrected chi connectivity index (χ3v) is 2.33. The van der Waals surface area contributed by atoms with Crippen LogP contribution in [-0.2, 0) is 0 Å². The van der Waals surface area contributed by atoms with E-state index in [9.17, 15) is 8.78 Å². The number of halogens is 4. The smallest absolute Gasteiger partial charge is 0.250 e. The average Bonchev–Trinajstić information content (AvgIpc) is 2.03. The van der Waals surface area contributed by atoms with Gasteiger partial charge in [0, 0.05) is 12.1 Å². The molecule has 0 bridgehead atoms. The fraction of sp³-hybridized carbons (Fsp3) is 1.00. The predicted octanol–water partition coefficient (Wildman–Crippen LogP) is 1.95. The molecule has 1 rings (SSSR count). The van der Waals surface area contributed by atoms with Crippen molar-refractivity contribution in [3.63, 3.8) is 0 Å². The molecule has 0 atom stereocenters. The first-order chi connectivity index (χ1) is 5.68. The highest BCUT2D eigenvalue weighted by Crippen LogP contribution is 2.16. The molecule has 0 aromatic carbocycles. The van der Waals surface area contributed by atoms with Crippen LogP contribution in [0, 0.1) is 0 Å². The maximum absolute atomic E-state index is 11.8. The van der Waals surface area contributed by atoms with Gasteiger partial charge in [-0.2, -0.15) is 0 Å². The molecule has 3 N–H and O–H groups in total. The van der Waals surface area contributed by atoms with Crippen molar-refractivity contribution in [1.29, 1.82) is 0 Å². The monoisotopic (exact) mass is 250 g/mol. The van der Waals surface area contributed by atoms with Gasteiger partial charge in [-0.1, -0.05) is 0 Å². The summed E-state index contributed by atoms with van der Waals surface area (Å²) in [5.74, 6) is 0. The van der Waals surface area contributed by atoms with E-state index in [4.69, 9.17) is 5.73 Å². The molecule has 0 radical (unpaired) electrons. The first-order valence-electron chi connectivity index (χ1n) is 4.45. The zero-order chi connectivity index (χ0) is 8.97. The normalized spacial score (nSPS) is 26.6. The van der Waals surface area contributed by atoms with Crippen LogP contribution in [0.2, 0.25) is 0 Å². The summed E-state index contributed by atoms with van der Waals surface area (Å²) in [5, 5.41) is 2.84. The highest BCUT2D eigenvalue weighted by molar-refractivity contribution is 5.85. The Hall–Kier alpha value is 0.360. The van der Waals surface area contributed by atoms with Crippen molar-refractivity contribution >= 4 is 24.8 Å². The Bertz CT molecular complexity index is 131. The number of nitrogens with two attached hydrogens (primary N) is 1. The van der Waals surface area contributed by atoms with E-state index in [1.165, 1.54) is 0 Å². The Morgan fingerprint density at radius 3 is 2.07 bits per heavy atom. The lowest BCUT2D eigenvalue weighted by Gasteiger charge is -2.26. The Balaban J connectivity index is 0. The Morgan fingerprint density at radius 2 is 1.64 bits per heavy atom. The maximum atomic E-state index is 11.8. The van der Waals surface area contributed by atoms with Gasteiger partial charge >= 0.3 is 0 Å². The van der Waals surface area contributed by atoms with Crippen molar-refractivity contribution in [2.24, 2.45) is 5.73 Å². The summed E-state index contributed by atoms with van der Waals surface area (Å²) < 4.78 is 23.6. The van der Waals surface area contributed by atoms with Gasteiger partial charge in [-0.3, -0.25) is 0 Å². The second-order valence-electron chi connectivity index (χ2n) is 3.41. The summed E-state index contributed by atoms with van der Waals surface area (Å²) in [5.41, 5.74) is 5.68. The van der Waals surface area contributed by atoms with E-state index in [0.29, 0.717) is 0 Å². The third kappa shape index (κ3) is 6.76. The molecular formula is C8H18Cl2F2N2. The number of hydrogen-bond donors (Lipinski definition) is 2. The minimum Gasteiger partial charge on any atom is -0.328 e. The zero-order valence-corrected chi connectivity index (χ0v) is 9.55. The van der Waals surface area contributed by atoms with Crippen molar-refractivity contribution in [3.8, 4) is 0 Å². The molecule has 0 aliphatic heterocycles. The van der Waals surface area contributed by atoms with E-state index in [1.807, 2.05) is 0 Å². The molecule has 0 unspecified atom stereocenters. The van der Waals surface area contributed by atoms with Gasteiger partial charge in [0.2, 0.25) is 0 Å². The first-order valence-corrected chi connectivity index (χ1v) is 4.45. The summed E-state index contributed by atoms with van der Waals surface area (Å²) in [6, 6.07) is 0.549. The third-order valence-electron chi connectivity index (χ3n) is 2.33. The second-order valence-corrected chi connectivity index (χ2v) is 3.41. The summed E-state index contributed by atoms with van der Waals surface area (Å²) in [6.45, 7) is -0.181. The lowest BCUT2D eigenvalue weighted by atomic mass is 9.92. The van der Waals surface area contributed by atoms with Crippen LogP contribution in [0.25, 0.3) is 0 Å².